The van der Waals surface area contributed by atoms with E-state index in [4.69, 9.17) is 4.74 Å². The highest BCUT2D eigenvalue weighted by atomic mass is 16.5. The summed E-state index contributed by atoms with van der Waals surface area (Å²) in [6.45, 7) is 6.01. The summed E-state index contributed by atoms with van der Waals surface area (Å²) in [6, 6.07) is 20.8. The number of benzene rings is 2. The molecule has 0 radical (unpaired) electrons. The highest BCUT2D eigenvalue weighted by Crippen LogP contribution is 2.25. The van der Waals surface area contributed by atoms with Crippen molar-refractivity contribution in [1.82, 2.24) is 15.1 Å². The van der Waals surface area contributed by atoms with Crippen molar-refractivity contribution in [2.24, 2.45) is 0 Å². The standard InChI is InChI=1S/C24H31N3O2/c28-24(22-12-7-13-25-22)27-16-14-26(15-17-27)18-19-29-23(20-8-3-1-4-9-20)21-10-5-2-6-11-21/h1-6,8-11,22-23,25H,7,12-19H2. The van der Waals surface area contributed by atoms with Crippen LogP contribution in [-0.2, 0) is 9.53 Å². The van der Waals surface area contributed by atoms with E-state index >= 15 is 0 Å². The monoisotopic (exact) mass is 393 g/mol. The van der Waals surface area contributed by atoms with Gasteiger partial charge < -0.3 is 15.0 Å². The van der Waals surface area contributed by atoms with Crippen molar-refractivity contribution >= 4 is 5.91 Å². The molecule has 1 amide bonds. The maximum absolute atomic E-state index is 12.5. The van der Waals surface area contributed by atoms with Crippen molar-refractivity contribution in [2.45, 2.75) is 25.0 Å². The van der Waals surface area contributed by atoms with Gasteiger partial charge in [-0.05, 0) is 30.5 Å². The molecule has 1 atom stereocenters. The van der Waals surface area contributed by atoms with Gasteiger partial charge in [-0.15, -0.1) is 0 Å². The number of rotatable bonds is 7. The summed E-state index contributed by atoms with van der Waals surface area (Å²) in [7, 11) is 0. The van der Waals surface area contributed by atoms with Crippen molar-refractivity contribution < 1.29 is 9.53 Å². The van der Waals surface area contributed by atoms with Crippen LogP contribution in [0.15, 0.2) is 60.7 Å². The Labute approximate surface area is 173 Å². The van der Waals surface area contributed by atoms with E-state index in [-0.39, 0.29) is 18.1 Å². The number of piperazine rings is 1. The van der Waals surface area contributed by atoms with Crippen LogP contribution in [0.2, 0.25) is 0 Å². The molecule has 4 rings (SSSR count). The SMILES string of the molecule is O=C(C1CCCN1)N1CCN(CCOC(c2ccccc2)c2ccccc2)CC1. The molecular formula is C24H31N3O2. The fourth-order valence-corrected chi connectivity index (χ4v) is 4.25. The highest BCUT2D eigenvalue weighted by molar-refractivity contribution is 5.82. The molecule has 2 aliphatic rings. The van der Waals surface area contributed by atoms with Crippen LogP contribution in [0.1, 0.15) is 30.1 Å². The van der Waals surface area contributed by atoms with Gasteiger partial charge in [-0.25, -0.2) is 0 Å². The Hall–Kier alpha value is -2.21. The summed E-state index contributed by atoms with van der Waals surface area (Å²) in [6.07, 6.45) is 2.04. The molecular weight excluding hydrogens is 362 g/mol. The fraction of sp³-hybridized carbons (Fsp3) is 0.458. The summed E-state index contributed by atoms with van der Waals surface area (Å²) in [4.78, 5) is 17.0. The first-order valence-electron chi connectivity index (χ1n) is 10.8. The zero-order chi connectivity index (χ0) is 19.9. The average Bonchev–Trinajstić information content (AvgIpc) is 3.33. The zero-order valence-corrected chi connectivity index (χ0v) is 17.0. The molecule has 2 saturated heterocycles. The van der Waals surface area contributed by atoms with E-state index in [9.17, 15) is 4.79 Å². The lowest BCUT2D eigenvalue weighted by atomic mass is 10.0. The normalized spacial score (nSPS) is 20.3. The van der Waals surface area contributed by atoms with Gasteiger partial charge in [0.05, 0.1) is 12.6 Å². The maximum atomic E-state index is 12.5. The van der Waals surface area contributed by atoms with Gasteiger partial charge in [-0.1, -0.05) is 60.7 Å². The molecule has 154 valence electrons. The van der Waals surface area contributed by atoms with Crippen molar-refractivity contribution in [2.75, 3.05) is 45.9 Å². The van der Waals surface area contributed by atoms with E-state index in [1.54, 1.807) is 0 Å². The van der Waals surface area contributed by atoms with Gasteiger partial charge in [0.2, 0.25) is 5.91 Å². The Bertz CT molecular complexity index is 715. The van der Waals surface area contributed by atoms with Crippen molar-refractivity contribution in [3.8, 4) is 0 Å². The second kappa shape index (κ2) is 10.0. The predicted molar refractivity (Wildman–Crippen MR) is 115 cm³/mol. The number of nitrogens with zero attached hydrogens (tertiary/aromatic N) is 2. The van der Waals surface area contributed by atoms with Crippen LogP contribution in [0.3, 0.4) is 0 Å². The van der Waals surface area contributed by atoms with Gasteiger partial charge in [-0.3, -0.25) is 9.69 Å². The number of hydrogen-bond donors (Lipinski definition) is 1. The second-order valence-corrected chi connectivity index (χ2v) is 7.89. The maximum Gasteiger partial charge on any atom is 0.239 e. The number of ether oxygens (including phenoxy) is 1. The molecule has 2 heterocycles. The van der Waals surface area contributed by atoms with E-state index < -0.39 is 0 Å². The largest absolute Gasteiger partial charge is 0.367 e. The molecule has 0 spiro atoms. The third kappa shape index (κ3) is 5.24. The first kappa shape index (κ1) is 20.1. The van der Waals surface area contributed by atoms with Crippen LogP contribution < -0.4 is 5.32 Å². The molecule has 2 aliphatic heterocycles. The number of amides is 1. The molecule has 0 aliphatic carbocycles. The molecule has 1 N–H and O–H groups in total. The van der Waals surface area contributed by atoms with Gasteiger partial charge >= 0.3 is 0 Å². The zero-order valence-electron chi connectivity index (χ0n) is 17.0. The molecule has 29 heavy (non-hydrogen) atoms. The van der Waals surface area contributed by atoms with Gasteiger partial charge in [0.25, 0.3) is 0 Å². The molecule has 5 nitrogen and oxygen atoms in total. The van der Waals surface area contributed by atoms with E-state index in [1.165, 1.54) is 11.1 Å². The Kier molecular flexibility index (Phi) is 6.93. The average molecular weight is 394 g/mol. The van der Waals surface area contributed by atoms with Crippen LogP contribution in [0.5, 0.6) is 0 Å². The van der Waals surface area contributed by atoms with Gasteiger partial charge in [0, 0.05) is 32.7 Å². The van der Waals surface area contributed by atoms with E-state index in [1.807, 2.05) is 17.0 Å². The minimum atomic E-state index is -0.0475. The summed E-state index contributed by atoms with van der Waals surface area (Å²) >= 11 is 0. The van der Waals surface area contributed by atoms with Crippen molar-refractivity contribution in [3.63, 3.8) is 0 Å². The lowest BCUT2D eigenvalue weighted by Gasteiger charge is -2.36. The van der Waals surface area contributed by atoms with E-state index in [0.717, 1.165) is 52.1 Å². The Morgan fingerprint density at radius 1 is 0.966 bits per heavy atom. The molecule has 5 heteroatoms. The summed E-state index contributed by atoms with van der Waals surface area (Å²) in [5.41, 5.74) is 2.36. The predicted octanol–water partition coefficient (Wildman–Crippen LogP) is 2.69. The molecule has 0 bridgehead atoms. The van der Waals surface area contributed by atoms with Gasteiger partial charge in [0.15, 0.2) is 0 Å². The van der Waals surface area contributed by atoms with Crippen LogP contribution in [0.4, 0.5) is 0 Å². The third-order valence-corrected chi connectivity index (χ3v) is 5.94. The molecule has 2 aromatic carbocycles. The fourth-order valence-electron chi connectivity index (χ4n) is 4.25. The van der Waals surface area contributed by atoms with Gasteiger partial charge in [0.1, 0.15) is 6.10 Å². The number of hydrogen-bond acceptors (Lipinski definition) is 4. The summed E-state index contributed by atoms with van der Waals surface area (Å²) in [5.74, 6) is 0.284. The van der Waals surface area contributed by atoms with Gasteiger partial charge in [-0.2, -0.15) is 0 Å². The number of carbonyl (C=O) groups excluding carboxylic acids is 1. The van der Waals surface area contributed by atoms with Crippen LogP contribution in [-0.4, -0.2) is 67.6 Å². The molecule has 2 aromatic rings. The summed E-state index contributed by atoms with van der Waals surface area (Å²) in [5, 5.41) is 3.32. The van der Waals surface area contributed by atoms with E-state index in [2.05, 4.69) is 58.7 Å². The second-order valence-electron chi connectivity index (χ2n) is 7.89. The molecule has 2 fully saturated rings. The smallest absolute Gasteiger partial charge is 0.239 e. The highest BCUT2D eigenvalue weighted by Gasteiger charge is 2.29. The third-order valence-electron chi connectivity index (χ3n) is 5.94. The van der Waals surface area contributed by atoms with Crippen LogP contribution in [0.25, 0.3) is 0 Å². The minimum absolute atomic E-state index is 0.0439. The van der Waals surface area contributed by atoms with Crippen molar-refractivity contribution in [3.05, 3.63) is 71.8 Å². The lowest BCUT2D eigenvalue weighted by Crippen LogP contribution is -2.53. The molecule has 0 saturated carbocycles. The topological polar surface area (TPSA) is 44.8 Å². The summed E-state index contributed by atoms with van der Waals surface area (Å²) < 4.78 is 6.34. The molecule has 0 aromatic heterocycles. The first-order valence-corrected chi connectivity index (χ1v) is 10.8. The Balaban J connectivity index is 1.27. The van der Waals surface area contributed by atoms with E-state index in [0.29, 0.717) is 6.61 Å². The quantitative estimate of drug-likeness (QED) is 0.786. The first-order chi connectivity index (χ1) is 14.3. The van der Waals surface area contributed by atoms with Crippen molar-refractivity contribution in [1.29, 1.82) is 0 Å². The molecule has 1 unspecified atom stereocenters. The number of carbonyl (C=O) groups is 1. The lowest BCUT2D eigenvalue weighted by molar-refractivity contribution is -0.134. The van der Waals surface area contributed by atoms with Crippen LogP contribution >= 0.6 is 0 Å². The minimum Gasteiger partial charge on any atom is -0.367 e. The number of nitrogens with one attached hydrogen (secondary N) is 1. The Morgan fingerprint density at radius 3 is 2.14 bits per heavy atom. The van der Waals surface area contributed by atoms with Crippen LogP contribution in [0, 0.1) is 0 Å². The Morgan fingerprint density at radius 2 is 1.59 bits per heavy atom.